The molecule has 5 rings (SSSR count). The minimum Gasteiger partial charge on any atom is -0.491 e. The molecule has 35 heavy (non-hydrogen) atoms. The number of benzene rings is 2. The number of aryl methyl sites for hydroxylation is 1. The maximum absolute atomic E-state index is 13.0. The van der Waals surface area contributed by atoms with E-state index in [2.05, 4.69) is 17.0 Å². The van der Waals surface area contributed by atoms with Crippen molar-refractivity contribution >= 4 is 11.9 Å². The van der Waals surface area contributed by atoms with Crippen LogP contribution in [-0.2, 0) is 33.8 Å². The van der Waals surface area contributed by atoms with Crippen molar-refractivity contribution in [3.05, 3.63) is 53.1 Å². The van der Waals surface area contributed by atoms with E-state index in [1.54, 1.807) is 0 Å². The van der Waals surface area contributed by atoms with E-state index in [0.29, 0.717) is 32.5 Å². The molecule has 0 bridgehead atoms. The largest absolute Gasteiger partial charge is 0.491 e. The number of rotatable bonds is 6. The topological polar surface area (TPSA) is 77.5 Å². The molecule has 0 N–H and O–H groups in total. The third kappa shape index (κ3) is 5.53. The Hall–Kier alpha value is -3.26. The predicted octanol–water partition coefficient (Wildman–Crippen LogP) is 3.15. The summed E-state index contributed by atoms with van der Waals surface area (Å²) < 4.78 is 21.7. The van der Waals surface area contributed by atoms with Crippen molar-refractivity contribution in [2.45, 2.75) is 38.8 Å². The van der Waals surface area contributed by atoms with Gasteiger partial charge in [0.1, 0.15) is 12.4 Å². The van der Waals surface area contributed by atoms with Crippen LogP contribution in [0.2, 0.25) is 0 Å². The third-order valence-electron chi connectivity index (χ3n) is 7.05. The standard InChI is InChI=1S/C27H32N2O6/c1-32-27(31)21-8-10-28(11-9-21)16-20-3-5-23-22(14-20)17-29(12-13-33-23)26(30)7-4-19-2-6-24-25(15-19)35-18-34-24/h2-3,5-6,14-15,21H,4,7-13,16-18H2,1H3. The quantitative estimate of drug-likeness (QED) is 0.588. The summed E-state index contributed by atoms with van der Waals surface area (Å²) in [6, 6.07) is 12.1. The van der Waals surface area contributed by atoms with Crippen LogP contribution in [-0.4, -0.2) is 61.8 Å². The molecule has 2 aromatic carbocycles. The average molecular weight is 481 g/mol. The molecule has 186 valence electrons. The molecule has 1 saturated heterocycles. The zero-order valence-electron chi connectivity index (χ0n) is 20.2. The Balaban J connectivity index is 1.17. The molecule has 0 saturated carbocycles. The summed E-state index contributed by atoms with van der Waals surface area (Å²) in [5.41, 5.74) is 3.30. The summed E-state index contributed by atoms with van der Waals surface area (Å²) in [4.78, 5) is 29.1. The third-order valence-corrected chi connectivity index (χ3v) is 7.05. The van der Waals surface area contributed by atoms with Crippen molar-refractivity contribution in [2.75, 3.05) is 40.1 Å². The first-order valence-corrected chi connectivity index (χ1v) is 12.3. The number of hydrogen-bond acceptors (Lipinski definition) is 7. The van der Waals surface area contributed by atoms with Gasteiger partial charge in [0, 0.05) is 25.1 Å². The number of likely N-dealkylation sites (tertiary alicyclic amines) is 1. The minimum atomic E-state index is -0.102. The second-order valence-corrected chi connectivity index (χ2v) is 9.37. The van der Waals surface area contributed by atoms with Crippen LogP contribution in [0.1, 0.15) is 36.0 Å². The van der Waals surface area contributed by atoms with Gasteiger partial charge in [-0.2, -0.15) is 0 Å². The van der Waals surface area contributed by atoms with Crippen molar-refractivity contribution in [2.24, 2.45) is 5.92 Å². The van der Waals surface area contributed by atoms with Crippen molar-refractivity contribution in [1.29, 1.82) is 0 Å². The van der Waals surface area contributed by atoms with Gasteiger partial charge in [0.25, 0.3) is 0 Å². The zero-order chi connectivity index (χ0) is 24.2. The molecule has 0 unspecified atom stereocenters. The number of ether oxygens (including phenoxy) is 4. The number of esters is 1. The second kappa shape index (κ2) is 10.6. The number of amides is 1. The van der Waals surface area contributed by atoms with E-state index in [0.717, 1.165) is 60.9 Å². The van der Waals surface area contributed by atoms with Crippen LogP contribution in [0.5, 0.6) is 17.2 Å². The van der Waals surface area contributed by atoms with E-state index in [9.17, 15) is 9.59 Å². The van der Waals surface area contributed by atoms with Gasteiger partial charge in [0.2, 0.25) is 12.7 Å². The van der Waals surface area contributed by atoms with Crippen LogP contribution < -0.4 is 14.2 Å². The first-order chi connectivity index (χ1) is 17.1. The molecule has 0 aliphatic carbocycles. The Labute approximate surface area is 205 Å². The van der Waals surface area contributed by atoms with Crippen molar-refractivity contribution in [1.82, 2.24) is 9.80 Å². The summed E-state index contributed by atoms with van der Waals surface area (Å²) in [7, 11) is 1.46. The highest BCUT2D eigenvalue weighted by Crippen LogP contribution is 2.33. The van der Waals surface area contributed by atoms with Gasteiger partial charge >= 0.3 is 5.97 Å². The maximum Gasteiger partial charge on any atom is 0.308 e. The van der Waals surface area contributed by atoms with E-state index in [1.165, 1.54) is 12.7 Å². The Bertz CT molecular complexity index is 1080. The van der Waals surface area contributed by atoms with Crippen LogP contribution in [0.4, 0.5) is 0 Å². The van der Waals surface area contributed by atoms with Crippen LogP contribution in [0, 0.1) is 5.92 Å². The lowest BCUT2D eigenvalue weighted by Crippen LogP contribution is -2.36. The molecule has 3 aliphatic rings. The fourth-order valence-electron chi connectivity index (χ4n) is 5.02. The molecule has 0 atom stereocenters. The molecule has 3 heterocycles. The van der Waals surface area contributed by atoms with Gasteiger partial charge in [0.05, 0.1) is 19.6 Å². The first kappa shape index (κ1) is 23.5. The van der Waals surface area contributed by atoms with Gasteiger partial charge in [-0.3, -0.25) is 14.5 Å². The van der Waals surface area contributed by atoms with Crippen LogP contribution in [0.25, 0.3) is 0 Å². The lowest BCUT2D eigenvalue weighted by atomic mass is 9.96. The smallest absolute Gasteiger partial charge is 0.308 e. The zero-order valence-corrected chi connectivity index (χ0v) is 20.2. The van der Waals surface area contributed by atoms with E-state index in [4.69, 9.17) is 18.9 Å². The first-order valence-electron chi connectivity index (χ1n) is 12.3. The lowest BCUT2D eigenvalue weighted by Gasteiger charge is -2.30. The van der Waals surface area contributed by atoms with Crippen molar-refractivity contribution in [3.63, 3.8) is 0 Å². The Morgan fingerprint density at radius 3 is 2.54 bits per heavy atom. The summed E-state index contributed by atoms with van der Waals surface area (Å²) >= 11 is 0. The molecule has 8 nitrogen and oxygen atoms in total. The number of nitrogens with zero attached hydrogens (tertiary/aromatic N) is 2. The Morgan fingerprint density at radius 2 is 1.71 bits per heavy atom. The number of piperidine rings is 1. The molecule has 0 spiro atoms. The highest BCUT2D eigenvalue weighted by atomic mass is 16.7. The summed E-state index contributed by atoms with van der Waals surface area (Å²) in [5.74, 6) is 2.38. The maximum atomic E-state index is 13.0. The number of hydrogen-bond donors (Lipinski definition) is 0. The Morgan fingerprint density at radius 1 is 0.943 bits per heavy atom. The molecule has 2 aromatic rings. The van der Waals surface area contributed by atoms with Crippen molar-refractivity contribution < 1.29 is 28.5 Å². The monoisotopic (exact) mass is 480 g/mol. The molecule has 3 aliphatic heterocycles. The average Bonchev–Trinajstić information content (AvgIpc) is 3.25. The summed E-state index contributed by atoms with van der Waals surface area (Å²) in [5, 5.41) is 0. The second-order valence-electron chi connectivity index (χ2n) is 9.37. The number of carbonyl (C=O) groups excluding carboxylic acids is 2. The fraction of sp³-hybridized carbons (Fsp3) is 0.481. The van der Waals surface area contributed by atoms with Gasteiger partial charge in [-0.05, 0) is 67.7 Å². The van der Waals surface area contributed by atoms with Gasteiger partial charge in [-0.25, -0.2) is 0 Å². The molecule has 0 radical (unpaired) electrons. The van der Waals surface area contributed by atoms with E-state index >= 15 is 0 Å². The van der Waals surface area contributed by atoms with Crippen LogP contribution in [0.15, 0.2) is 36.4 Å². The minimum absolute atomic E-state index is 0.00827. The SMILES string of the molecule is COC(=O)C1CCN(Cc2ccc3c(c2)CN(C(=O)CCc2ccc4c(c2)OCO4)CCO3)CC1. The summed E-state index contributed by atoms with van der Waals surface area (Å²) in [6.07, 6.45) is 2.74. The molecular weight excluding hydrogens is 448 g/mol. The molecular formula is C27H32N2O6. The predicted molar refractivity (Wildman–Crippen MR) is 128 cm³/mol. The fourth-order valence-corrected chi connectivity index (χ4v) is 5.02. The summed E-state index contributed by atoms with van der Waals surface area (Å²) in [6.45, 7) is 4.43. The highest BCUT2D eigenvalue weighted by molar-refractivity contribution is 5.76. The van der Waals surface area contributed by atoms with E-state index in [1.807, 2.05) is 29.2 Å². The number of carbonyl (C=O) groups is 2. The van der Waals surface area contributed by atoms with Crippen LogP contribution >= 0.6 is 0 Å². The number of methoxy groups -OCH3 is 1. The Kier molecular flexibility index (Phi) is 7.08. The van der Waals surface area contributed by atoms with Crippen LogP contribution in [0.3, 0.4) is 0 Å². The lowest BCUT2D eigenvalue weighted by molar-refractivity contribution is -0.147. The van der Waals surface area contributed by atoms with Crippen molar-refractivity contribution in [3.8, 4) is 17.2 Å². The van der Waals surface area contributed by atoms with E-state index in [-0.39, 0.29) is 24.6 Å². The van der Waals surface area contributed by atoms with Gasteiger partial charge in [0.15, 0.2) is 11.5 Å². The van der Waals surface area contributed by atoms with Gasteiger partial charge in [-0.1, -0.05) is 12.1 Å². The van der Waals surface area contributed by atoms with Gasteiger partial charge in [-0.15, -0.1) is 0 Å². The molecule has 8 heteroatoms. The number of fused-ring (bicyclic) bond motifs is 2. The molecule has 1 fully saturated rings. The highest BCUT2D eigenvalue weighted by Gasteiger charge is 2.26. The molecule has 0 aromatic heterocycles. The van der Waals surface area contributed by atoms with Gasteiger partial charge < -0.3 is 23.8 Å². The van der Waals surface area contributed by atoms with E-state index < -0.39 is 0 Å². The normalized spacial score (nSPS) is 17.9. The molecule has 1 amide bonds.